The summed E-state index contributed by atoms with van der Waals surface area (Å²) in [6, 6.07) is 26.1. The molecule has 1 aliphatic rings. The van der Waals surface area contributed by atoms with Crippen LogP contribution in [0.15, 0.2) is 78.9 Å². The second-order valence-corrected chi connectivity index (χ2v) is 9.03. The smallest absolute Gasteiger partial charge is 0.305 e. The normalized spacial score (nSPS) is 15.4. The summed E-state index contributed by atoms with van der Waals surface area (Å²) in [4.78, 5) is 26.9. The van der Waals surface area contributed by atoms with Crippen LogP contribution in [0.3, 0.4) is 0 Å². The van der Waals surface area contributed by atoms with Crippen LogP contribution in [0.1, 0.15) is 29.5 Å². The van der Waals surface area contributed by atoms with Crippen LogP contribution < -0.4 is 10.1 Å². The number of benzene rings is 3. The van der Waals surface area contributed by atoms with E-state index in [-0.39, 0.29) is 17.9 Å². The molecule has 1 amide bonds. The van der Waals surface area contributed by atoms with Crippen molar-refractivity contribution in [2.75, 3.05) is 26.7 Å². The molecule has 188 valence electrons. The number of carbonyl (C=O) groups is 2. The molecule has 0 aromatic heterocycles. The molecular weight excluding hydrogens is 452 g/mol. The lowest BCUT2D eigenvalue weighted by molar-refractivity contribution is -0.140. The van der Waals surface area contributed by atoms with E-state index < -0.39 is 0 Å². The Bertz CT molecular complexity index is 1150. The van der Waals surface area contributed by atoms with Crippen LogP contribution >= 0.6 is 0 Å². The standard InChI is InChI=1S/C30H34N2O4/c1-35-30(34)18-16-25-12-6-8-14-28(25)36-27-13-7-5-11-24(27)15-17-29(33)32-20-19-31-22-26(32)21-23-9-3-2-4-10-23/h2-14,26,31H,15-22H2,1H3/t26-/m1/s1. The molecule has 1 fully saturated rings. The fraction of sp³-hybridized carbons (Fsp3) is 0.333. The van der Waals surface area contributed by atoms with E-state index in [1.807, 2.05) is 71.6 Å². The van der Waals surface area contributed by atoms with Crippen LogP contribution in [0.4, 0.5) is 0 Å². The molecule has 1 heterocycles. The van der Waals surface area contributed by atoms with Crippen LogP contribution in [0, 0.1) is 0 Å². The van der Waals surface area contributed by atoms with Gasteiger partial charge in [0, 0.05) is 38.5 Å². The molecule has 1 atom stereocenters. The summed E-state index contributed by atoms with van der Waals surface area (Å²) >= 11 is 0. The van der Waals surface area contributed by atoms with Gasteiger partial charge in [0.2, 0.25) is 5.91 Å². The predicted molar refractivity (Wildman–Crippen MR) is 140 cm³/mol. The lowest BCUT2D eigenvalue weighted by atomic mass is 10.0. The number of rotatable bonds is 10. The van der Waals surface area contributed by atoms with Crippen molar-refractivity contribution in [3.05, 3.63) is 95.6 Å². The zero-order valence-electron chi connectivity index (χ0n) is 20.8. The number of amides is 1. The zero-order chi connectivity index (χ0) is 25.2. The third kappa shape index (κ3) is 6.95. The number of aryl methyl sites for hydroxylation is 2. The molecular formula is C30H34N2O4. The number of nitrogens with one attached hydrogen (secondary N) is 1. The minimum absolute atomic E-state index is 0.154. The van der Waals surface area contributed by atoms with E-state index in [2.05, 4.69) is 17.4 Å². The number of nitrogens with zero attached hydrogens (tertiary/aromatic N) is 1. The van der Waals surface area contributed by atoms with Gasteiger partial charge in [-0.2, -0.15) is 0 Å². The summed E-state index contributed by atoms with van der Waals surface area (Å²) < 4.78 is 11.1. The Hall–Kier alpha value is -3.64. The van der Waals surface area contributed by atoms with Crippen molar-refractivity contribution < 1.29 is 19.1 Å². The number of hydrogen-bond acceptors (Lipinski definition) is 5. The van der Waals surface area contributed by atoms with Gasteiger partial charge < -0.3 is 19.7 Å². The summed E-state index contributed by atoms with van der Waals surface area (Å²) in [5.74, 6) is 1.37. The Kier molecular flexibility index (Phi) is 9.11. The van der Waals surface area contributed by atoms with Crippen molar-refractivity contribution in [3.63, 3.8) is 0 Å². The molecule has 0 spiro atoms. The van der Waals surface area contributed by atoms with Crippen molar-refractivity contribution in [1.29, 1.82) is 0 Å². The first-order valence-electron chi connectivity index (χ1n) is 12.6. The highest BCUT2D eigenvalue weighted by Crippen LogP contribution is 2.30. The molecule has 0 saturated carbocycles. The Morgan fingerprint density at radius 2 is 1.47 bits per heavy atom. The monoisotopic (exact) mass is 486 g/mol. The first kappa shape index (κ1) is 25.5. The van der Waals surface area contributed by atoms with Crippen molar-refractivity contribution in [2.45, 2.75) is 38.1 Å². The molecule has 0 radical (unpaired) electrons. The first-order chi connectivity index (χ1) is 17.6. The predicted octanol–water partition coefficient (Wildman–Crippen LogP) is 4.56. The van der Waals surface area contributed by atoms with Gasteiger partial charge in [0.25, 0.3) is 0 Å². The number of methoxy groups -OCH3 is 1. The van der Waals surface area contributed by atoms with Gasteiger partial charge in [-0.15, -0.1) is 0 Å². The minimum Gasteiger partial charge on any atom is -0.469 e. The Balaban J connectivity index is 1.41. The molecule has 36 heavy (non-hydrogen) atoms. The van der Waals surface area contributed by atoms with E-state index in [0.717, 1.165) is 42.9 Å². The maximum atomic E-state index is 13.3. The fourth-order valence-electron chi connectivity index (χ4n) is 4.62. The Labute approximate surface area is 213 Å². The molecule has 0 aliphatic carbocycles. The van der Waals surface area contributed by atoms with E-state index >= 15 is 0 Å². The fourth-order valence-corrected chi connectivity index (χ4v) is 4.62. The third-order valence-corrected chi connectivity index (χ3v) is 6.58. The highest BCUT2D eigenvalue weighted by Gasteiger charge is 2.26. The molecule has 6 nitrogen and oxygen atoms in total. The highest BCUT2D eigenvalue weighted by atomic mass is 16.5. The average molecular weight is 487 g/mol. The average Bonchev–Trinajstić information content (AvgIpc) is 2.92. The molecule has 4 rings (SSSR count). The molecule has 1 saturated heterocycles. The number of hydrogen-bond donors (Lipinski definition) is 1. The highest BCUT2D eigenvalue weighted by molar-refractivity contribution is 5.77. The summed E-state index contributed by atoms with van der Waals surface area (Å²) in [6.07, 6.45) is 2.70. The van der Waals surface area contributed by atoms with Crippen molar-refractivity contribution in [2.24, 2.45) is 0 Å². The molecule has 1 aliphatic heterocycles. The van der Waals surface area contributed by atoms with Gasteiger partial charge in [-0.25, -0.2) is 0 Å². The Morgan fingerprint density at radius 3 is 2.14 bits per heavy atom. The van der Waals surface area contributed by atoms with Crippen LogP contribution in [0.25, 0.3) is 0 Å². The molecule has 1 N–H and O–H groups in total. The van der Waals surface area contributed by atoms with E-state index in [4.69, 9.17) is 9.47 Å². The van der Waals surface area contributed by atoms with Crippen molar-refractivity contribution >= 4 is 11.9 Å². The minimum atomic E-state index is -0.248. The second-order valence-electron chi connectivity index (χ2n) is 9.03. The van der Waals surface area contributed by atoms with Crippen LogP contribution in [-0.4, -0.2) is 49.6 Å². The lowest BCUT2D eigenvalue weighted by Crippen LogP contribution is -2.54. The maximum absolute atomic E-state index is 13.3. The third-order valence-electron chi connectivity index (χ3n) is 6.58. The van der Waals surface area contributed by atoms with Gasteiger partial charge in [-0.1, -0.05) is 66.7 Å². The second kappa shape index (κ2) is 12.9. The molecule has 6 heteroatoms. The van der Waals surface area contributed by atoms with Crippen molar-refractivity contribution in [3.8, 4) is 11.5 Å². The SMILES string of the molecule is COC(=O)CCc1ccccc1Oc1ccccc1CCC(=O)N1CCNC[C@H]1Cc1ccccc1. The van der Waals surface area contributed by atoms with Gasteiger partial charge in [-0.05, 0) is 48.1 Å². The zero-order valence-corrected chi connectivity index (χ0v) is 20.8. The summed E-state index contributed by atoms with van der Waals surface area (Å²) in [5.41, 5.74) is 3.18. The number of ether oxygens (including phenoxy) is 2. The topological polar surface area (TPSA) is 67.9 Å². The molecule has 3 aromatic carbocycles. The van der Waals surface area contributed by atoms with Gasteiger partial charge in [0.1, 0.15) is 11.5 Å². The van der Waals surface area contributed by atoms with Gasteiger partial charge >= 0.3 is 5.97 Å². The summed E-state index contributed by atoms with van der Waals surface area (Å²) in [5, 5.41) is 3.43. The van der Waals surface area contributed by atoms with Gasteiger partial charge in [0.05, 0.1) is 7.11 Å². The largest absolute Gasteiger partial charge is 0.469 e. The van der Waals surface area contributed by atoms with Crippen LogP contribution in [0.5, 0.6) is 11.5 Å². The quantitative estimate of drug-likeness (QED) is 0.426. The molecule has 0 bridgehead atoms. The van der Waals surface area contributed by atoms with Gasteiger partial charge in [0.15, 0.2) is 0 Å². The van der Waals surface area contributed by atoms with Crippen LogP contribution in [0.2, 0.25) is 0 Å². The maximum Gasteiger partial charge on any atom is 0.305 e. The summed E-state index contributed by atoms with van der Waals surface area (Å²) in [7, 11) is 1.40. The van der Waals surface area contributed by atoms with E-state index in [0.29, 0.717) is 31.4 Å². The Morgan fingerprint density at radius 1 is 0.861 bits per heavy atom. The first-order valence-corrected chi connectivity index (χ1v) is 12.6. The van der Waals surface area contributed by atoms with E-state index in [9.17, 15) is 9.59 Å². The van der Waals surface area contributed by atoms with E-state index in [1.54, 1.807) is 0 Å². The molecule has 0 unspecified atom stereocenters. The summed E-state index contributed by atoms with van der Waals surface area (Å²) in [6.45, 7) is 2.35. The van der Waals surface area contributed by atoms with Crippen molar-refractivity contribution in [1.82, 2.24) is 10.2 Å². The van der Waals surface area contributed by atoms with Crippen LogP contribution in [-0.2, 0) is 33.6 Å². The molecule has 3 aromatic rings. The van der Waals surface area contributed by atoms with Gasteiger partial charge in [-0.3, -0.25) is 9.59 Å². The van der Waals surface area contributed by atoms with E-state index in [1.165, 1.54) is 12.7 Å². The number of para-hydroxylation sites is 2. The number of esters is 1. The number of carbonyl (C=O) groups excluding carboxylic acids is 2. The number of piperazine rings is 1. The lowest BCUT2D eigenvalue weighted by Gasteiger charge is -2.36.